The Labute approximate surface area is 179 Å². The van der Waals surface area contributed by atoms with Crippen LogP contribution in [-0.2, 0) is 13.0 Å². The molecular formula is C22H23ClN4OS. The number of aromatic nitrogens is 3. The van der Waals surface area contributed by atoms with E-state index in [9.17, 15) is 0 Å². The Balaban J connectivity index is 1.40. The van der Waals surface area contributed by atoms with Crippen LogP contribution in [-0.4, -0.2) is 27.6 Å². The lowest BCUT2D eigenvalue weighted by Crippen LogP contribution is -2.30. The van der Waals surface area contributed by atoms with Crippen LogP contribution in [0.1, 0.15) is 41.0 Å². The molecule has 5 nitrogen and oxygen atoms in total. The summed E-state index contributed by atoms with van der Waals surface area (Å²) in [6, 6.07) is 4.19. The van der Waals surface area contributed by atoms with Gasteiger partial charge in [0.05, 0.1) is 27.8 Å². The monoisotopic (exact) mass is 426 g/mol. The number of ether oxygens (including phenoxy) is 1. The molecule has 0 unspecified atom stereocenters. The second-order valence-corrected chi connectivity index (χ2v) is 9.35. The van der Waals surface area contributed by atoms with Crippen molar-refractivity contribution in [2.45, 2.75) is 52.2 Å². The van der Waals surface area contributed by atoms with Gasteiger partial charge in [-0.05, 0) is 50.3 Å². The van der Waals surface area contributed by atoms with Crippen LogP contribution in [0.3, 0.4) is 0 Å². The highest BCUT2D eigenvalue weighted by molar-refractivity contribution is 7.13. The zero-order valence-electron chi connectivity index (χ0n) is 16.6. The average molecular weight is 427 g/mol. The van der Waals surface area contributed by atoms with Crippen molar-refractivity contribution in [3.8, 4) is 16.5 Å². The highest BCUT2D eigenvalue weighted by Crippen LogP contribution is 2.36. The number of rotatable bonds is 4. The van der Waals surface area contributed by atoms with Crippen LogP contribution in [0.2, 0.25) is 5.02 Å². The maximum absolute atomic E-state index is 6.49. The van der Waals surface area contributed by atoms with Crippen molar-refractivity contribution in [3.05, 3.63) is 51.2 Å². The van der Waals surface area contributed by atoms with Crippen molar-refractivity contribution >= 4 is 28.8 Å². The predicted molar refractivity (Wildman–Crippen MR) is 117 cm³/mol. The van der Waals surface area contributed by atoms with E-state index in [0.29, 0.717) is 11.1 Å². The SMILES string of the molecule is Cc1cnc(-c2cc(N3CCc4nc(OC5CCC5)sc4C3)ncc2Cl)c(C)c1. The van der Waals surface area contributed by atoms with E-state index in [2.05, 4.69) is 33.9 Å². The van der Waals surface area contributed by atoms with E-state index < -0.39 is 0 Å². The third-order valence-corrected chi connectivity index (χ3v) is 6.94. The molecule has 0 saturated heterocycles. The van der Waals surface area contributed by atoms with Gasteiger partial charge in [0.1, 0.15) is 11.9 Å². The number of aryl methyl sites for hydroxylation is 2. The Hall–Kier alpha value is -2.18. The summed E-state index contributed by atoms with van der Waals surface area (Å²) in [5.74, 6) is 0.923. The molecule has 0 aromatic carbocycles. The maximum Gasteiger partial charge on any atom is 0.273 e. The molecule has 1 aliphatic carbocycles. The zero-order valence-corrected chi connectivity index (χ0v) is 18.2. The number of pyridine rings is 2. The quantitative estimate of drug-likeness (QED) is 0.561. The second kappa shape index (κ2) is 7.58. The van der Waals surface area contributed by atoms with Gasteiger partial charge in [-0.15, -0.1) is 0 Å². The van der Waals surface area contributed by atoms with Gasteiger partial charge < -0.3 is 9.64 Å². The van der Waals surface area contributed by atoms with Crippen molar-refractivity contribution in [3.63, 3.8) is 0 Å². The molecule has 0 bridgehead atoms. The molecule has 3 aromatic heterocycles. The van der Waals surface area contributed by atoms with Gasteiger partial charge in [0.2, 0.25) is 0 Å². The molecular weight excluding hydrogens is 404 g/mol. The molecule has 2 aliphatic rings. The number of halogens is 1. The summed E-state index contributed by atoms with van der Waals surface area (Å²) >= 11 is 8.17. The van der Waals surface area contributed by atoms with Gasteiger partial charge in [-0.25, -0.2) is 9.97 Å². The summed E-state index contributed by atoms with van der Waals surface area (Å²) in [5, 5.41) is 1.45. The number of nitrogens with zero attached hydrogens (tertiary/aromatic N) is 4. The smallest absolute Gasteiger partial charge is 0.273 e. The minimum Gasteiger partial charge on any atom is -0.467 e. The number of hydrogen-bond acceptors (Lipinski definition) is 6. The van der Waals surface area contributed by atoms with Crippen molar-refractivity contribution in [1.82, 2.24) is 15.0 Å². The summed E-state index contributed by atoms with van der Waals surface area (Å²) in [6.45, 7) is 5.80. The van der Waals surface area contributed by atoms with Crippen molar-refractivity contribution in [1.29, 1.82) is 0 Å². The molecule has 5 rings (SSSR count). The number of fused-ring (bicyclic) bond motifs is 1. The predicted octanol–water partition coefficient (Wildman–Crippen LogP) is 5.36. The Morgan fingerprint density at radius 2 is 2.03 bits per heavy atom. The molecule has 3 aromatic rings. The normalized spacial score (nSPS) is 16.4. The number of anilines is 1. The van der Waals surface area contributed by atoms with Gasteiger partial charge in [0.25, 0.3) is 5.19 Å². The number of hydrogen-bond donors (Lipinski definition) is 0. The molecule has 150 valence electrons. The average Bonchev–Trinajstić information content (AvgIpc) is 3.07. The summed E-state index contributed by atoms with van der Waals surface area (Å²) in [4.78, 5) is 17.5. The topological polar surface area (TPSA) is 51.1 Å². The molecule has 1 aliphatic heterocycles. The van der Waals surface area contributed by atoms with Crippen LogP contribution in [0.4, 0.5) is 5.82 Å². The Morgan fingerprint density at radius 3 is 2.79 bits per heavy atom. The fourth-order valence-corrected chi connectivity index (χ4v) is 5.06. The first-order chi connectivity index (χ1) is 14.1. The van der Waals surface area contributed by atoms with Gasteiger partial charge in [0.15, 0.2) is 0 Å². The molecule has 0 amide bonds. The number of thiazole rings is 1. The Bertz CT molecular complexity index is 1060. The molecule has 7 heteroatoms. The fraction of sp³-hybridized carbons (Fsp3) is 0.409. The lowest BCUT2D eigenvalue weighted by atomic mass is 9.96. The molecule has 1 fully saturated rings. The van der Waals surface area contributed by atoms with E-state index in [0.717, 1.165) is 65.7 Å². The van der Waals surface area contributed by atoms with E-state index in [-0.39, 0.29) is 0 Å². The van der Waals surface area contributed by atoms with Gasteiger partial charge in [-0.1, -0.05) is 29.0 Å². The second-order valence-electron chi connectivity index (χ2n) is 7.89. The van der Waals surface area contributed by atoms with E-state index in [1.807, 2.05) is 13.1 Å². The van der Waals surface area contributed by atoms with Crippen molar-refractivity contribution < 1.29 is 4.74 Å². The van der Waals surface area contributed by atoms with Gasteiger partial charge >= 0.3 is 0 Å². The molecule has 0 atom stereocenters. The van der Waals surface area contributed by atoms with E-state index in [1.165, 1.54) is 17.0 Å². The van der Waals surface area contributed by atoms with Gasteiger partial charge in [0, 0.05) is 30.9 Å². The molecule has 0 N–H and O–H groups in total. The minimum absolute atomic E-state index is 0.365. The van der Waals surface area contributed by atoms with Crippen LogP contribution in [0.5, 0.6) is 5.19 Å². The van der Waals surface area contributed by atoms with Crippen molar-refractivity contribution in [2.24, 2.45) is 0 Å². The molecule has 4 heterocycles. The van der Waals surface area contributed by atoms with Gasteiger partial charge in [-0.3, -0.25) is 4.98 Å². The van der Waals surface area contributed by atoms with Crippen LogP contribution in [0, 0.1) is 13.8 Å². The van der Waals surface area contributed by atoms with E-state index in [4.69, 9.17) is 21.3 Å². The first-order valence-electron chi connectivity index (χ1n) is 10.1. The van der Waals surface area contributed by atoms with Crippen molar-refractivity contribution in [2.75, 3.05) is 11.4 Å². The van der Waals surface area contributed by atoms with E-state index in [1.54, 1.807) is 17.5 Å². The van der Waals surface area contributed by atoms with E-state index >= 15 is 0 Å². The standard InChI is InChI=1S/C22H23ClN4OS/c1-13-8-14(2)21(25-10-13)16-9-20(24-11-17(16)23)27-7-6-18-19(12-27)29-22(26-18)28-15-4-3-5-15/h8-11,15H,3-7,12H2,1-2H3. The summed E-state index contributed by atoms with van der Waals surface area (Å²) in [6.07, 6.45) is 8.46. The highest BCUT2D eigenvalue weighted by atomic mass is 35.5. The third-order valence-electron chi connectivity index (χ3n) is 5.67. The largest absolute Gasteiger partial charge is 0.467 e. The van der Waals surface area contributed by atoms with Crippen LogP contribution < -0.4 is 9.64 Å². The highest BCUT2D eigenvalue weighted by Gasteiger charge is 2.26. The maximum atomic E-state index is 6.49. The summed E-state index contributed by atoms with van der Waals surface area (Å²) in [5.41, 5.74) is 5.27. The van der Waals surface area contributed by atoms with Crippen LogP contribution >= 0.6 is 22.9 Å². The lowest BCUT2D eigenvalue weighted by Gasteiger charge is -2.27. The molecule has 0 spiro atoms. The summed E-state index contributed by atoms with van der Waals surface area (Å²) in [7, 11) is 0. The van der Waals surface area contributed by atoms with Gasteiger partial charge in [-0.2, -0.15) is 0 Å². The Kier molecular flexibility index (Phi) is 4.92. The Morgan fingerprint density at radius 1 is 1.17 bits per heavy atom. The molecule has 29 heavy (non-hydrogen) atoms. The lowest BCUT2D eigenvalue weighted by molar-refractivity contribution is 0.119. The zero-order chi connectivity index (χ0) is 20.0. The minimum atomic E-state index is 0.365. The molecule has 1 saturated carbocycles. The molecule has 0 radical (unpaired) electrons. The first-order valence-corrected chi connectivity index (χ1v) is 11.3. The fourth-order valence-electron chi connectivity index (χ4n) is 3.83. The summed E-state index contributed by atoms with van der Waals surface area (Å²) < 4.78 is 6.01. The van der Waals surface area contributed by atoms with Crippen LogP contribution in [0.25, 0.3) is 11.3 Å². The first kappa shape index (κ1) is 18.8. The van der Waals surface area contributed by atoms with Crippen LogP contribution in [0.15, 0.2) is 24.5 Å². The third kappa shape index (κ3) is 3.71.